The third-order valence-corrected chi connectivity index (χ3v) is 7.15. The van der Waals surface area contributed by atoms with E-state index in [1.165, 1.54) is 0 Å². The van der Waals surface area contributed by atoms with E-state index < -0.39 is 0 Å². The highest BCUT2D eigenvalue weighted by Gasteiger charge is 2.29. The minimum Gasteiger partial charge on any atom is -0.349 e. The molecule has 1 aliphatic heterocycles. The summed E-state index contributed by atoms with van der Waals surface area (Å²) >= 11 is 0. The monoisotopic (exact) mass is 480 g/mol. The molecule has 1 amide bonds. The summed E-state index contributed by atoms with van der Waals surface area (Å²) in [4.78, 5) is 31.3. The van der Waals surface area contributed by atoms with Gasteiger partial charge in [0.1, 0.15) is 11.4 Å². The van der Waals surface area contributed by atoms with Crippen molar-refractivity contribution in [3.63, 3.8) is 0 Å². The number of aromatic amines is 1. The van der Waals surface area contributed by atoms with Gasteiger partial charge >= 0.3 is 5.69 Å². The lowest BCUT2D eigenvalue weighted by Gasteiger charge is -2.32. The van der Waals surface area contributed by atoms with Crippen LogP contribution in [0.3, 0.4) is 0 Å². The third kappa shape index (κ3) is 3.75. The number of benzene rings is 2. The number of nitrogens with one attached hydrogen (secondary N) is 1. The number of rotatable bonds is 4. The molecule has 0 saturated carbocycles. The zero-order valence-electron chi connectivity index (χ0n) is 20.4. The molecule has 5 aromatic rings. The highest BCUT2D eigenvalue weighted by molar-refractivity contribution is 5.94. The number of aryl methyl sites for hydroxylation is 2. The predicted octanol–water partition coefficient (Wildman–Crippen LogP) is 4.31. The molecule has 0 spiro atoms. The minimum absolute atomic E-state index is 0.0479. The molecule has 182 valence electrons. The Morgan fingerprint density at radius 2 is 1.75 bits per heavy atom. The maximum Gasteiger partial charge on any atom is 0.326 e. The van der Waals surface area contributed by atoms with E-state index in [1.807, 2.05) is 101 Å². The zero-order chi connectivity index (χ0) is 24.8. The van der Waals surface area contributed by atoms with E-state index in [0.29, 0.717) is 18.8 Å². The number of hydrogen-bond acceptors (Lipinski definition) is 3. The number of piperidine rings is 1. The number of H-pyrrole nitrogens is 1. The van der Waals surface area contributed by atoms with Crippen molar-refractivity contribution >= 4 is 16.9 Å². The Morgan fingerprint density at radius 3 is 2.47 bits per heavy atom. The largest absolute Gasteiger partial charge is 0.349 e. The van der Waals surface area contributed by atoms with Crippen molar-refractivity contribution in [1.82, 2.24) is 28.8 Å². The van der Waals surface area contributed by atoms with Crippen LogP contribution in [-0.2, 0) is 7.05 Å². The number of aromatic nitrogens is 5. The fourth-order valence-electron chi connectivity index (χ4n) is 5.19. The first kappa shape index (κ1) is 22.2. The van der Waals surface area contributed by atoms with Gasteiger partial charge in [-0.05, 0) is 62.2 Å². The summed E-state index contributed by atoms with van der Waals surface area (Å²) in [6.45, 7) is 3.19. The molecule has 1 saturated heterocycles. The van der Waals surface area contributed by atoms with Crippen LogP contribution >= 0.6 is 0 Å². The fraction of sp³-hybridized carbons (Fsp3) is 0.250. The first-order valence-electron chi connectivity index (χ1n) is 12.3. The molecule has 1 aliphatic rings. The van der Waals surface area contributed by atoms with Gasteiger partial charge in [-0.1, -0.05) is 29.8 Å². The second-order valence-electron chi connectivity index (χ2n) is 9.51. The number of fused-ring (bicyclic) bond motifs is 1. The molecule has 1 N–H and O–H groups in total. The normalized spacial score (nSPS) is 14.6. The van der Waals surface area contributed by atoms with Gasteiger partial charge in [-0.3, -0.25) is 9.36 Å². The van der Waals surface area contributed by atoms with E-state index in [0.717, 1.165) is 46.5 Å². The van der Waals surface area contributed by atoms with Gasteiger partial charge in [0.05, 0.1) is 22.4 Å². The first-order chi connectivity index (χ1) is 17.5. The van der Waals surface area contributed by atoms with Gasteiger partial charge in [-0.25, -0.2) is 9.48 Å². The van der Waals surface area contributed by atoms with Crippen molar-refractivity contribution < 1.29 is 4.79 Å². The Hall–Kier alpha value is -4.33. The van der Waals surface area contributed by atoms with Crippen LogP contribution in [0.5, 0.6) is 0 Å². The van der Waals surface area contributed by atoms with Crippen molar-refractivity contribution in [2.75, 3.05) is 13.1 Å². The lowest BCUT2D eigenvalue weighted by Crippen LogP contribution is -2.41. The van der Waals surface area contributed by atoms with E-state index in [9.17, 15) is 9.59 Å². The number of para-hydroxylation sites is 2. The molecule has 0 aliphatic carbocycles. The van der Waals surface area contributed by atoms with Crippen LogP contribution in [0.4, 0.5) is 0 Å². The Balaban J connectivity index is 1.29. The van der Waals surface area contributed by atoms with E-state index in [-0.39, 0.29) is 17.6 Å². The molecule has 2 aromatic carbocycles. The number of carbonyl (C=O) groups excluding carboxylic acids is 1. The molecule has 8 heteroatoms. The van der Waals surface area contributed by atoms with Crippen LogP contribution < -0.4 is 5.69 Å². The van der Waals surface area contributed by atoms with Gasteiger partial charge in [0, 0.05) is 32.4 Å². The highest BCUT2D eigenvalue weighted by atomic mass is 16.2. The summed E-state index contributed by atoms with van der Waals surface area (Å²) in [6, 6.07) is 21.7. The van der Waals surface area contributed by atoms with Crippen LogP contribution in [-0.4, -0.2) is 47.8 Å². The molecule has 6 rings (SSSR count). The van der Waals surface area contributed by atoms with Crippen LogP contribution in [0.1, 0.15) is 34.9 Å². The molecular formula is C28H28N6O2. The lowest BCUT2D eigenvalue weighted by molar-refractivity contribution is 0.0685. The fourth-order valence-corrected chi connectivity index (χ4v) is 5.19. The standard InChI is InChI=1S/C28H28N6O2/c1-19-9-11-21(12-10-19)34-26(18-23(30-34)24-8-5-15-31(24)2)27(35)32-16-13-20(14-17-32)33-25-7-4-3-6-22(25)29-28(33)36/h3-12,15,18,20H,13-14,16-17H2,1-2H3,(H,29,36). The number of amides is 1. The molecule has 0 bridgehead atoms. The van der Waals surface area contributed by atoms with Crippen molar-refractivity contribution in [1.29, 1.82) is 0 Å². The Kier molecular flexibility index (Phi) is 5.36. The Morgan fingerprint density at radius 1 is 1.00 bits per heavy atom. The number of likely N-dealkylation sites (tertiary alicyclic amines) is 1. The van der Waals surface area contributed by atoms with E-state index in [4.69, 9.17) is 5.10 Å². The predicted molar refractivity (Wildman–Crippen MR) is 139 cm³/mol. The van der Waals surface area contributed by atoms with Gasteiger partial charge < -0.3 is 14.5 Å². The summed E-state index contributed by atoms with van der Waals surface area (Å²) < 4.78 is 5.60. The van der Waals surface area contributed by atoms with Crippen molar-refractivity contribution in [2.24, 2.45) is 7.05 Å². The summed E-state index contributed by atoms with van der Waals surface area (Å²) in [5, 5.41) is 4.83. The summed E-state index contributed by atoms with van der Waals surface area (Å²) in [5.41, 5.74) is 5.91. The number of hydrogen-bond donors (Lipinski definition) is 1. The quantitative estimate of drug-likeness (QED) is 0.416. The average Bonchev–Trinajstić information content (AvgIpc) is 3.60. The van der Waals surface area contributed by atoms with E-state index in [1.54, 1.807) is 4.68 Å². The number of imidazole rings is 1. The third-order valence-electron chi connectivity index (χ3n) is 7.15. The summed E-state index contributed by atoms with van der Waals surface area (Å²) in [7, 11) is 1.97. The molecule has 3 aromatic heterocycles. The molecule has 1 fully saturated rings. The molecule has 36 heavy (non-hydrogen) atoms. The Bertz CT molecular complexity index is 1610. The van der Waals surface area contributed by atoms with Crippen molar-refractivity contribution in [2.45, 2.75) is 25.8 Å². The highest BCUT2D eigenvalue weighted by Crippen LogP contribution is 2.28. The van der Waals surface area contributed by atoms with Crippen molar-refractivity contribution in [3.8, 4) is 17.1 Å². The van der Waals surface area contributed by atoms with Crippen LogP contribution in [0.25, 0.3) is 28.1 Å². The minimum atomic E-state index is -0.0920. The van der Waals surface area contributed by atoms with E-state index in [2.05, 4.69) is 4.98 Å². The van der Waals surface area contributed by atoms with Gasteiger partial charge in [0.25, 0.3) is 5.91 Å². The second-order valence-corrected chi connectivity index (χ2v) is 9.51. The first-order valence-corrected chi connectivity index (χ1v) is 12.3. The van der Waals surface area contributed by atoms with E-state index >= 15 is 0 Å². The van der Waals surface area contributed by atoms with Gasteiger partial charge in [-0.2, -0.15) is 5.10 Å². The maximum atomic E-state index is 13.8. The molecule has 0 unspecified atom stereocenters. The topological polar surface area (TPSA) is 80.8 Å². The van der Waals surface area contributed by atoms with Gasteiger partial charge in [-0.15, -0.1) is 0 Å². The van der Waals surface area contributed by atoms with Gasteiger partial charge in [0.15, 0.2) is 0 Å². The molecular weight excluding hydrogens is 452 g/mol. The summed E-state index contributed by atoms with van der Waals surface area (Å²) in [6.07, 6.45) is 3.41. The van der Waals surface area contributed by atoms with Crippen LogP contribution in [0, 0.1) is 6.92 Å². The second kappa shape index (κ2) is 8.71. The van der Waals surface area contributed by atoms with Gasteiger partial charge in [0.2, 0.25) is 0 Å². The maximum absolute atomic E-state index is 13.8. The average molecular weight is 481 g/mol. The SMILES string of the molecule is Cc1ccc(-n2nc(-c3cccn3C)cc2C(=O)N2CCC(n3c(=O)[nH]c4ccccc43)CC2)cc1. The van der Waals surface area contributed by atoms with Crippen LogP contribution in [0.15, 0.2) is 77.7 Å². The lowest BCUT2D eigenvalue weighted by atomic mass is 10.0. The Labute approximate surface area is 208 Å². The molecule has 4 heterocycles. The zero-order valence-corrected chi connectivity index (χ0v) is 20.4. The molecule has 8 nitrogen and oxygen atoms in total. The van der Waals surface area contributed by atoms with Crippen molar-refractivity contribution in [3.05, 3.63) is 94.7 Å². The summed E-state index contributed by atoms with van der Waals surface area (Å²) in [5.74, 6) is -0.0479. The smallest absolute Gasteiger partial charge is 0.326 e. The number of carbonyl (C=O) groups is 1. The molecule has 0 atom stereocenters. The molecule has 0 radical (unpaired) electrons. The van der Waals surface area contributed by atoms with Crippen LogP contribution in [0.2, 0.25) is 0 Å². The number of nitrogens with zero attached hydrogens (tertiary/aromatic N) is 5.